The fourth-order valence-electron chi connectivity index (χ4n) is 2.31. The minimum absolute atomic E-state index is 0.307. The van der Waals surface area contributed by atoms with Crippen LogP contribution in [-0.4, -0.2) is 18.1 Å². The molecule has 0 aliphatic heterocycles. The minimum atomic E-state index is -0.307. The van der Waals surface area contributed by atoms with E-state index in [-0.39, 0.29) is 5.97 Å². The van der Waals surface area contributed by atoms with Gasteiger partial charge in [0.2, 0.25) is 0 Å². The van der Waals surface area contributed by atoms with Gasteiger partial charge < -0.3 is 9.72 Å². The van der Waals surface area contributed by atoms with Crippen molar-refractivity contribution in [2.24, 2.45) is 0 Å². The molecule has 0 bridgehead atoms. The third kappa shape index (κ3) is 1.48. The number of aryl methyl sites for hydroxylation is 1. The van der Waals surface area contributed by atoms with Crippen LogP contribution >= 0.6 is 0 Å². The van der Waals surface area contributed by atoms with Crippen molar-refractivity contribution in [3.63, 3.8) is 0 Å². The third-order valence-electron chi connectivity index (χ3n) is 3.26. The fourth-order valence-corrected chi connectivity index (χ4v) is 2.31. The molecule has 0 amide bonds. The second-order valence-corrected chi connectivity index (χ2v) is 4.37. The molecule has 1 aromatic heterocycles. The van der Waals surface area contributed by atoms with Crippen molar-refractivity contribution < 1.29 is 9.53 Å². The Labute approximate surface area is 104 Å². The van der Waals surface area contributed by atoms with E-state index < -0.39 is 0 Å². The number of benzene rings is 2. The van der Waals surface area contributed by atoms with Gasteiger partial charge in [-0.25, -0.2) is 4.79 Å². The van der Waals surface area contributed by atoms with E-state index >= 15 is 0 Å². The van der Waals surface area contributed by atoms with E-state index in [2.05, 4.69) is 24.0 Å². The number of carbonyl (C=O) groups is 1. The summed E-state index contributed by atoms with van der Waals surface area (Å²) < 4.78 is 4.75. The van der Waals surface area contributed by atoms with Crippen molar-refractivity contribution >= 4 is 27.8 Å². The van der Waals surface area contributed by atoms with Crippen molar-refractivity contribution in [1.29, 1.82) is 0 Å². The van der Waals surface area contributed by atoms with Gasteiger partial charge in [0.25, 0.3) is 0 Å². The molecule has 18 heavy (non-hydrogen) atoms. The number of ether oxygens (including phenoxy) is 1. The number of esters is 1. The van der Waals surface area contributed by atoms with Gasteiger partial charge in [0.05, 0.1) is 12.7 Å². The van der Waals surface area contributed by atoms with Crippen molar-refractivity contribution in [1.82, 2.24) is 4.98 Å². The molecule has 3 heteroatoms. The molecular formula is C15H13NO2. The van der Waals surface area contributed by atoms with E-state index in [1.165, 1.54) is 12.7 Å². The number of para-hydroxylation sites is 1. The maximum atomic E-state index is 11.5. The molecule has 90 valence electrons. The molecule has 0 atom stereocenters. The molecule has 3 rings (SSSR count). The number of hydrogen-bond donors (Lipinski definition) is 1. The number of methoxy groups -OCH3 is 1. The smallest absolute Gasteiger partial charge is 0.337 e. The number of aromatic amines is 1. The molecule has 0 radical (unpaired) electrons. The van der Waals surface area contributed by atoms with Crippen LogP contribution in [0.4, 0.5) is 0 Å². The predicted octanol–water partition coefficient (Wildman–Crippen LogP) is 3.42. The normalized spacial score (nSPS) is 11.0. The van der Waals surface area contributed by atoms with Crippen LogP contribution in [0, 0.1) is 6.92 Å². The average Bonchev–Trinajstić information content (AvgIpc) is 2.77. The zero-order chi connectivity index (χ0) is 12.7. The quantitative estimate of drug-likeness (QED) is 0.661. The van der Waals surface area contributed by atoms with Crippen LogP contribution in [0.1, 0.15) is 15.9 Å². The molecule has 0 saturated heterocycles. The van der Waals surface area contributed by atoms with Crippen LogP contribution in [-0.2, 0) is 4.74 Å². The molecule has 0 aliphatic rings. The molecule has 2 aromatic carbocycles. The Hall–Kier alpha value is -2.29. The Bertz CT molecular complexity index is 756. The zero-order valence-corrected chi connectivity index (χ0v) is 10.3. The summed E-state index contributed by atoms with van der Waals surface area (Å²) in [5.41, 5.74) is 3.93. The molecule has 1 N–H and O–H groups in total. The number of nitrogens with one attached hydrogen (secondary N) is 1. The number of carbonyl (C=O) groups excluding carboxylic acids is 1. The van der Waals surface area contributed by atoms with E-state index in [1.807, 2.05) is 18.2 Å². The molecule has 0 unspecified atom stereocenters. The highest BCUT2D eigenvalue weighted by atomic mass is 16.5. The summed E-state index contributed by atoms with van der Waals surface area (Å²) in [7, 11) is 1.39. The van der Waals surface area contributed by atoms with Gasteiger partial charge in [-0.1, -0.05) is 18.2 Å². The summed E-state index contributed by atoms with van der Waals surface area (Å²) in [6.07, 6.45) is 0. The maximum absolute atomic E-state index is 11.5. The highest BCUT2D eigenvalue weighted by molar-refractivity contribution is 6.10. The summed E-state index contributed by atoms with van der Waals surface area (Å²) in [6, 6.07) is 11.7. The monoisotopic (exact) mass is 239 g/mol. The number of hydrogen-bond acceptors (Lipinski definition) is 2. The number of aromatic nitrogens is 1. The van der Waals surface area contributed by atoms with Gasteiger partial charge >= 0.3 is 5.97 Å². The van der Waals surface area contributed by atoms with Crippen LogP contribution in [0.3, 0.4) is 0 Å². The lowest BCUT2D eigenvalue weighted by Gasteiger charge is -1.99. The summed E-state index contributed by atoms with van der Waals surface area (Å²) in [6.45, 7) is 2.07. The molecule has 3 nitrogen and oxygen atoms in total. The van der Waals surface area contributed by atoms with E-state index in [1.54, 1.807) is 6.07 Å². The van der Waals surface area contributed by atoms with Crippen LogP contribution in [0.25, 0.3) is 21.8 Å². The Morgan fingerprint density at radius 2 is 2.00 bits per heavy atom. The zero-order valence-electron chi connectivity index (χ0n) is 10.3. The molecule has 3 aromatic rings. The summed E-state index contributed by atoms with van der Waals surface area (Å²) in [5, 5.41) is 2.19. The topological polar surface area (TPSA) is 42.1 Å². The van der Waals surface area contributed by atoms with Crippen molar-refractivity contribution in [2.75, 3.05) is 7.11 Å². The van der Waals surface area contributed by atoms with E-state index in [4.69, 9.17) is 4.74 Å². The summed E-state index contributed by atoms with van der Waals surface area (Å²) in [4.78, 5) is 14.9. The maximum Gasteiger partial charge on any atom is 0.337 e. The molecule has 0 spiro atoms. The second-order valence-electron chi connectivity index (χ2n) is 4.37. The first-order chi connectivity index (χ1) is 8.70. The Morgan fingerprint density at radius 1 is 1.17 bits per heavy atom. The number of rotatable bonds is 1. The molecular weight excluding hydrogens is 226 g/mol. The number of fused-ring (bicyclic) bond motifs is 3. The second kappa shape index (κ2) is 3.88. The van der Waals surface area contributed by atoms with Crippen LogP contribution in [0.2, 0.25) is 0 Å². The van der Waals surface area contributed by atoms with E-state index in [0.717, 1.165) is 21.8 Å². The van der Waals surface area contributed by atoms with Gasteiger partial charge in [-0.2, -0.15) is 0 Å². The largest absolute Gasteiger partial charge is 0.465 e. The van der Waals surface area contributed by atoms with E-state index in [9.17, 15) is 4.79 Å². The third-order valence-corrected chi connectivity index (χ3v) is 3.26. The van der Waals surface area contributed by atoms with Crippen molar-refractivity contribution in [3.8, 4) is 0 Å². The van der Waals surface area contributed by atoms with Gasteiger partial charge in [0.15, 0.2) is 0 Å². The van der Waals surface area contributed by atoms with Crippen molar-refractivity contribution in [2.45, 2.75) is 6.92 Å². The first-order valence-corrected chi connectivity index (χ1v) is 5.80. The van der Waals surface area contributed by atoms with Crippen molar-refractivity contribution in [3.05, 3.63) is 47.5 Å². The van der Waals surface area contributed by atoms with Gasteiger partial charge in [0.1, 0.15) is 0 Å². The summed E-state index contributed by atoms with van der Waals surface area (Å²) in [5.74, 6) is -0.307. The molecule has 0 fully saturated rings. The Kier molecular flexibility index (Phi) is 2.33. The van der Waals surface area contributed by atoms with Gasteiger partial charge in [-0.3, -0.25) is 0 Å². The minimum Gasteiger partial charge on any atom is -0.465 e. The lowest BCUT2D eigenvalue weighted by Crippen LogP contribution is -2.00. The first kappa shape index (κ1) is 10.8. The van der Waals surface area contributed by atoms with Gasteiger partial charge in [-0.05, 0) is 30.7 Å². The van der Waals surface area contributed by atoms with E-state index in [0.29, 0.717) is 5.56 Å². The van der Waals surface area contributed by atoms with Gasteiger partial charge in [-0.15, -0.1) is 0 Å². The predicted molar refractivity (Wildman–Crippen MR) is 71.9 cm³/mol. The highest BCUT2D eigenvalue weighted by Crippen LogP contribution is 2.28. The average molecular weight is 239 g/mol. The Balaban J connectivity index is 2.36. The Morgan fingerprint density at radius 3 is 2.78 bits per heavy atom. The molecule has 1 heterocycles. The summed E-state index contributed by atoms with van der Waals surface area (Å²) >= 11 is 0. The van der Waals surface area contributed by atoms with Crippen LogP contribution in [0.5, 0.6) is 0 Å². The lowest BCUT2D eigenvalue weighted by atomic mass is 10.1. The standard InChI is InChI=1S/C15H13NO2/c1-9-4-3-5-11-12-8-10(15(17)18-2)6-7-13(12)16-14(9)11/h3-8,16H,1-2H3. The number of H-pyrrole nitrogens is 1. The molecule has 0 aliphatic carbocycles. The van der Waals surface area contributed by atoms with Crippen LogP contribution < -0.4 is 0 Å². The SMILES string of the molecule is COC(=O)c1ccc2[nH]c3c(C)cccc3c2c1. The lowest BCUT2D eigenvalue weighted by molar-refractivity contribution is 0.0601. The highest BCUT2D eigenvalue weighted by Gasteiger charge is 2.10. The first-order valence-electron chi connectivity index (χ1n) is 5.80. The fraction of sp³-hybridized carbons (Fsp3) is 0.133. The van der Waals surface area contributed by atoms with Gasteiger partial charge in [0, 0.05) is 21.8 Å². The van der Waals surface area contributed by atoms with Crippen LogP contribution in [0.15, 0.2) is 36.4 Å². The molecule has 0 saturated carbocycles.